The minimum atomic E-state index is -0.276. The highest BCUT2D eigenvalue weighted by Gasteiger charge is 2.28. The first-order valence-electron chi connectivity index (χ1n) is 7.99. The second kappa shape index (κ2) is 7.57. The first-order chi connectivity index (χ1) is 10.0. The summed E-state index contributed by atoms with van der Waals surface area (Å²) in [5.74, 6) is -0.276. The van der Waals surface area contributed by atoms with Crippen LogP contribution in [0.4, 0.5) is 4.39 Å². The van der Waals surface area contributed by atoms with Gasteiger partial charge < -0.3 is 5.73 Å². The van der Waals surface area contributed by atoms with E-state index in [0.29, 0.717) is 17.1 Å². The number of rotatable bonds is 5. The topological polar surface area (TPSA) is 29.3 Å². The van der Waals surface area contributed by atoms with Crippen LogP contribution < -0.4 is 5.73 Å². The van der Waals surface area contributed by atoms with Crippen molar-refractivity contribution in [3.63, 3.8) is 0 Å². The van der Waals surface area contributed by atoms with E-state index in [-0.39, 0.29) is 11.9 Å². The first kappa shape index (κ1) is 16.7. The van der Waals surface area contributed by atoms with Gasteiger partial charge in [0, 0.05) is 23.1 Å². The molecule has 1 unspecified atom stereocenters. The van der Waals surface area contributed by atoms with Gasteiger partial charge in [-0.05, 0) is 63.3 Å². The maximum absolute atomic E-state index is 13.2. The second-order valence-electron chi connectivity index (χ2n) is 6.15. The Morgan fingerprint density at radius 1 is 1.33 bits per heavy atom. The number of nitrogens with zero attached hydrogens (tertiary/aromatic N) is 1. The van der Waals surface area contributed by atoms with Gasteiger partial charge in [-0.15, -0.1) is 0 Å². The maximum Gasteiger partial charge on any atom is 0.124 e. The fourth-order valence-corrected chi connectivity index (χ4v) is 3.73. The van der Waals surface area contributed by atoms with Crippen molar-refractivity contribution in [2.45, 2.75) is 64.1 Å². The smallest absolute Gasteiger partial charge is 0.124 e. The fourth-order valence-electron chi connectivity index (χ4n) is 3.40. The monoisotopic (exact) mass is 312 g/mol. The second-order valence-corrected chi connectivity index (χ2v) is 6.56. The van der Waals surface area contributed by atoms with E-state index in [0.717, 1.165) is 44.2 Å². The third-order valence-electron chi connectivity index (χ3n) is 4.60. The minimum absolute atomic E-state index is 0.206. The van der Waals surface area contributed by atoms with Crippen molar-refractivity contribution in [3.8, 4) is 0 Å². The normalized spacial score (nSPS) is 24.3. The summed E-state index contributed by atoms with van der Waals surface area (Å²) in [7, 11) is 0. The summed E-state index contributed by atoms with van der Waals surface area (Å²) >= 11 is 6.24. The molecule has 1 atom stereocenters. The van der Waals surface area contributed by atoms with Crippen molar-refractivity contribution in [1.82, 2.24) is 4.90 Å². The highest BCUT2D eigenvalue weighted by molar-refractivity contribution is 6.31. The highest BCUT2D eigenvalue weighted by atomic mass is 35.5. The molecular weight excluding hydrogens is 287 g/mol. The third-order valence-corrected chi connectivity index (χ3v) is 4.93. The van der Waals surface area contributed by atoms with Crippen LogP contribution in [0.5, 0.6) is 0 Å². The summed E-state index contributed by atoms with van der Waals surface area (Å²) in [4.78, 5) is 2.52. The van der Waals surface area contributed by atoms with Crippen LogP contribution in [0.3, 0.4) is 0 Å². The summed E-state index contributed by atoms with van der Waals surface area (Å²) in [6.45, 7) is 5.40. The van der Waals surface area contributed by atoms with Crippen LogP contribution in [-0.2, 0) is 0 Å². The molecule has 0 saturated heterocycles. The first-order valence-corrected chi connectivity index (χ1v) is 8.37. The molecule has 118 valence electrons. The molecule has 2 N–H and O–H groups in total. The quantitative estimate of drug-likeness (QED) is 0.866. The SMILES string of the molecule is CCCN(C1CCC(N)CC1)C(C)c1ccc(F)cc1Cl. The molecule has 1 aliphatic carbocycles. The predicted octanol–water partition coefficient (Wildman–Crippen LogP) is 4.52. The van der Waals surface area contributed by atoms with Crippen molar-refractivity contribution in [1.29, 1.82) is 0 Å². The zero-order valence-corrected chi connectivity index (χ0v) is 13.7. The van der Waals surface area contributed by atoms with Gasteiger partial charge >= 0.3 is 0 Å². The molecule has 21 heavy (non-hydrogen) atoms. The molecule has 0 aliphatic heterocycles. The van der Waals surface area contributed by atoms with Crippen LogP contribution >= 0.6 is 11.6 Å². The van der Waals surface area contributed by atoms with Gasteiger partial charge in [0.2, 0.25) is 0 Å². The van der Waals surface area contributed by atoms with Crippen molar-refractivity contribution in [2.75, 3.05) is 6.54 Å². The molecule has 2 rings (SSSR count). The van der Waals surface area contributed by atoms with Crippen LogP contribution in [0, 0.1) is 5.82 Å². The van der Waals surface area contributed by atoms with Gasteiger partial charge in [0.25, 0.3) is 0 Å². The Hall–Kier alpha value is -0.640. The lowest BCUT2D eigenvalue weighted by molar-refractivity contribution is 0.107. The lowest BCUT2D eigenvalue weighted by atomic mass is 9.89. The van der Waals surface area contributed by atoms with E-state index in [2.05, 4.69) is 18.7 Å². The van der Waals surface area contributed by atoms with Gasteiger partial charge in [-0.3, -0.25) is 4.90 Å². The molecule has 0 spiro atoms. The van der Waals surface area contributed by atoms with Crippen LogP contribution in [-0.4, -0.2) is 23.5 Å². The van der Waals surface area contributed by atoms with Gasteiger partial charge in [-0.25, -0.2) is 4.39 Å². The molecule has 0 heterocycles. The van der Waals surface area contributed by atoms with E-state index in [1.165, 1.54) is 12.1 Å². The maximum atomic E-state index is 13.2. The van der Waals surface area contributed by atoms with Crippen molar-refractivity contribution in [2.24, 2.45) is 5.73 Å². The van der Waals surface area contributed by atoms with E-state index in [1.807, 2.05) is 6.07 Å². The molecule has 1 fully saturated rings. The summed E-state index contributed by atoms with van der Waals surface area (Å²) in [6.07, 6.45) is 5.57. The van der Waals surface area contributed by atoms with Crippen LogP contribution in [0.25, 0.3) is 0 Å². The molecule has 4 heteroatoms. The Labute approximate surface area is 132 Å². The zero-order valence-electron chi connectivity index (χ0n) is 13.0. The number of hydrogen-bond donors (Lipinski definition) is 1. The Bertz CT molecular complexity index is 458. The molecule has 0 radical (unpaired) electrons. The largest absolute Gasteiger partial charge is 0.328 e. The number of nitrogens with two attached hydrogens (primary N) is 1. The standard InChI is InChI=1S/C17H26ClFN2/c1-3-10-21(15-7-5-14(20)6-8-15)12(2)16-9-4-13(19)11-17(16)18/h4,9,11-12,14-15H,3,5-8,10,20H2,1-2H3. The number of halogens is 2. The average Bonchev–Trinajstić information content (AvgIpc) is 2.45. The van der Waals surface area contributed by atoms with Gasteiger partial charge in [-0.2, -0.15) is 0 Å². The average molecular weight is 313 g/mol. The Balaban J connectivity index is 2.16. The molecule has 0 bridgehead atoms. The zero-order chi connectivity index (χ0) is 15.4. The Morgan fingerprint density at radius 3 is 2.57 bits per heavy atom. The lowest BCUT2D eigenvalue weighted by Crippen LogP contribution is -2.42. The third kappa shape index (κ3) is 4.18. The summed E-state index contributed by atoms with van der Waals surface area (Å²) in [6, 6.07) is 5.85. The number of hydrogen-bond acceptors (Lipinski definition) is 2. The van der Waals surface area contributed by atoms with E-state index in [1.54, 1.807) is 0 Å². The van der Waals surface area contributed by atoms with Gasteiger partial charge in [0.15, 0.2) is 0 Å². The van der Waals surface area contributed by atoms with Crippen molar-refractivity contribution in [3.05, 3.63) is 34.6 Å². The summed E-state index contributed by atoms with van der Waals surface area (Å²) in [5.41, 5.74) is 7.03. The predicted molar refractivity (Wildman–Crippen MR) is 87.1 cm³/mol. The van der Waals surface area contributed by atoms with E-state index >= 15 is 0 Å². The Kier molecular flexibility index (Phi) is 6.03. The summed E-state index contributed by atoms with van der Waals surface area (Å²) < 4.78 is 13.2. The molecule has 1 aliphatic rings. The van der Waals surface area contributed by atoms with E-state index < -0.39 is 0 Å². The Morgan fingerprint density at radius 2 is 2.00 bits per heavy atom. The van der Waals surface area contributed by atoms with Gasteiger partial charge in [-0.1, -0.05) is 24.6 Å². The number of benzene rings is 1. The van der Waals surface area contributed by atoms with E-state index in [4.69, 9.17) is 17.3 Å². The molecule has 1 aromatic carbocycles. The molecule has 1 aromatic rings. The minimum Gasteiger partial charge on any atom is -0.328 e. The van der Waals surface area contributed by atoms with Gasteiger partial charge in [0.05, 0.1) is 0 Å². The molecule has 2 nitrogen and oxygen atoms in total. The molecule has 0 aromatic heterocycles. The van der Waals surface area contributed by atoms with Crippen molar-refractivity contribution >= 4 is 11.6 Å². The van der Waals surface area contributed by atoms with Crippen LogP contribution in [0.1, 0.15) is 57.6 Å². The summed E-state index contributed by atoms with van der Waals surface area (Å²) in [5, 5.41) is 0.524. The highest BCUT2D eigenvalue weighted by Crippen LogP contribution is 2.33. The molecule has 0 amide bonds. The molecular formula is C17H26ClFN2. The molecule has 1 saturated carbocycles. The van der Waals surface area contributed by atoms with Crippen molar-refractivity contribution < 1.29 is 4.39 Å². The van der Waals surface area contributed by atoms with E-state index in [9.17, 15) is 4.39 Å². The van der Waals surface area contributed by atoms with Crippen LogP contribution in [0.2, 0.25) is 5.02 Å². The lowest BCUT2D eigenvalue weighted by Gasteiger charge is -2.40. The fraction of sp³-hybridized carbons (Fsp3) is 0.647. The van der Waals surface area contributed by atoms with Gasteiger partial charge in [0.1, 0.15) is 5.82 Å². The van der Waals surface area contributed by atoms with Crippen LogP contribution in [0.15, 0.2) is 18.2 Å².